The van der Waals surface area contributed by atoms with E-state index in [-0.39, 0.29) is 12.2 Å². The van der Waals surface area contributed by atoms with Gasteiger partial charge in [-0.3, -0.25) is 19.7 Å². The maximum atomic E-state index is 12.1. The molecule has 0 amide bonds. The molecule has 22 heavy (non-hydrogen) atoms. The maximum Gasteiger partial charge on any atom is 0.324 e. The van der Waals surface area contributed by atoms with Crippen molar-refractivity contribution in [3.63, 3.8) is 0 Å². The Morgan fingerprint density at radius 3 is 2.77 bits per heavy atom. The van der Waals surface area contributed by atoms with E-state index >= 15 is 0 Å². The molecule has 0 aliphatic heterocycles. The largest absolute Gasteiger partial charge is 0.465 e. The van der Waals surface area contributed by atoms with Gasteiger partial charge in [0.2, 0.25) is 0 Å². The minimum atomic E-state index is -1.13. The summed E-state index contributed by atoms with van der Waals surface area (Å²) in [6.07, 6.45) is 3.13. The number of esters is 1. The average Bonchev–Trinajstić information content (AvgIpc) is 2.85. The first-order chi connectivity index (χ1) is 10.6. The summed E-state index contributed by atoms with van der Waals surface area (Å²) in [5.74, 6) is -2.52. The number of nitrogens with one attached hydrogen (secondary N) is 2. The zero-order valence-electron chi connectivity index (χ0n) is 12.3. The molecule has 7 heteroatoms. The second-order valence-electron chi connectivity index (χ2n) is 4.74. The molecule has 0 unspecified atom stereocenters. The minimum Gasteiger partial charge on any atom is -0.465 e. The van der Waals surface area contributed by atoms with Crippen LogP contribution in [-0.4, -0.2) is 27.8 Å². The number of ether oxygens (including phenoxy) is 1. The van der Waals surface area contributed by atoms with Crippen LogP contribution in [0.4, 0.5) is 0 Å². The van der Waals surface area contributed by atoms with Gasteiger partial charge in [0.25, 0.3) is 5.56 Å². The molecule has 114 valence electrons. The van der Waals surface area contributed by atoms with Crippen molar-refractivity contribution in [3.8, 4) is 6.07 Å². The lowest BCUT2D eigenvalue weighted by Crippen LogP contribution is -2.27. The van der Waals surface area contributed by atoms with Crippen LogP contribution in [0.1, 0.15) is 29.7 Å². The van der Waals surface area contributed by atoms with Crippen LogP contribution in [0.3, 0.4) is 0 Å². The molecular weight excluding hydrogens is 284 g/mol. The van der Waals surface area contributed by atoms with Crippen molar-refractivity contribution in [1.29, 1.82) is 5.26 Å². The highest BCUT2D eigenvalue weighted by molar-refractivity contribution is 5.77. The van der Waals surface area contributed by atoms with E-state index in [4.69, 9.17) is 4.74 Å². The van der Waals surface area contributed by atoms with Crippen LogP contribution in [-0.2, 0) is 9.53 Å². The van der Waals surface area contributed by atoms with E-state index in [1.54, 1.807) is 38.4 Å². The lowest BCUT2D eigenvalue weighted by atomic mass is 9.82. The Labute approximate surface area is 126 Å². The van der Waals surface area contributed by atoms with E-state index in [0.717, 1.165) is 0 Å². The summed E-state index contributed by atoms with van der Waals surface area (Å²) in [6, 6.07) is 5.38. The number of carbonyl (C=O) groups excluding carboxylic acids is 1. The maximum absolute atomic E-state index is 12.1. The number of hydrogen-bond donors (Lipinski definition) is 2. The summed E-state index contributed by atoms with van der Waals surface area (Å²) in [6.45, 7) is 3.54. The number of hydrogen-bond acceptors (Lipinski definition) is 5. The van der Waals surface area contributed by atoms with Crippen molar-refractivity contribution in [3.05, 3.63) is 51.7 Å². The van der Waals surface area contributed by atoms with Crippen LogP contribution in [0.2, 0.25) is 0 Å². The quantitative estimate of drug-likeness (QED) is 0.807. The van der Waals surface area contributed by atoms with Crippen molar-refractivity contribution in [2.45, 2.75) is 19.8 Å². The van der Waals surface area contributed by atoms with Crippen molar-refractivity contribution in [2.24, 2.45) is 5.92 Å². The molecule has 0 aromatic carbocycles. The summed E-state index contributed by atoms with van der Waals surface area (Å²) in [5.41, 5.74) is 1.15. The van der Waals surface area contributed by atoms with Gasteiger partial charge in [-0.2, -0.15) is 5.26 Å². The molecule has 0 aliphatic rings. The van der Waals surface area contributed by atoms with Gasteiger partial charge in [-0.1, -0.05) is 6.07 Å². The zero-order valence-corrected chi connectivity index (χ0v) is 12.3. The number of aromatic amines is 2. The molecule has 0 bridgehead atoms. The number of carbonyl (C=O) groups is 1. The van der Waals surface area contributed by atoms with Crippen LogP contribution >= 0.6 is 0 Å². The van der Waals surface area contributed by atoms with Gasteiger partial charge in [-0.25, -0.2) is 0 Å². The van der Waals surface area contributed by atoms with E-state index in [9.17, 15) is 14.9 Å². The first kappa shape index (κ1) is 15.5. The number of aromatic nitrogens is 3. The van der Waals surface area contributed by atoms with E-state index < -0.39 is 17.8 Å². The Kier molecular flexibility index (Phi) is 4.73. The van der Waals surface area contributed by atoms with Crippen LogP contribution in [0.25, 0.3) is 0 Å². The topological polar surface area (TPSA) is 112 Å². The van der Waals surface area contributed by atoms with Gasteiger partial charge in [0.1, 0.15) is 0 Å². The molecular formula is C15H16N4O3. The van der Waals surface area contributed by atoms with E-state index in [1.165, 1.54) is 0 Å². The highest BCUT2D eigenvalue weighted by Gasteiger charge is 2.35. The molecule has 0 aliphatic carbocycles. The molecule has 0 fully saturated rings. The Hall–Kier alpha value is -2.88. The number of H-pyrrole nitrogens is 2. The third-order valence-corrected chi connectivity index (χ3v) is 3.38. The van der Waals surface area contributed by atoms with E-state index in [2.05, 4.69) is 15.2 Å². The number of nitriles is 1. The Morgan fingerprint density at radius 2 is 2.27 bits per heavy atom. The number of aryl methyl sites for hydroxylation is 1. The molecule has 2 rings (SSSR count). The minimum absolute atomic E-state index is 0.166. The van der Waals surface area contributed by atoms with Crippen molar-refractivity contribution >= 4 is 5.97 Å². The first-order valence-corrected chi connectivity index (χ1v) is 6.83. The monoisotopic (exact) mass is 300 g/mol. The SMILES string of the molecule is CCOC(=O)[C@H](C#N)[C@H](c1cccnc1)c1c(C)[nH][nH]c1=O. The van der Waals surface area contributed by atoms with E-state index in [1.807, 2.05) is 6.07 Å². The average molecular weight is 300 g/mol. The molecule has 2 N–H and O–H groups in total. The van der Waals surface area contributed by atoms with Gasteiger partial charge < -0.3 is 9.84 Å². The zero-order chi connectivity index (χ0) is 16.1. The van der Waals surface area contributed by atoms with Gasteiger partial charge in [-0.15, -0.1) is 0 Å². The molecule has 0 radical (unpaired) electrons. The van der Waals surface area contributed by atoms with Gasteiger partial charge in [-0.05, 0) is 25.5 Å². The van der Waals surface area contributed by atoms with Crippen molar-refractivity contribution < 1.29 is 9.53 Å². The normalized spacial score (nSPS) is 13.1. The third kappa shape index (κ3) is 2.91. The number of rotatable bonds is 5. The second kappa shape index (κ2) is 6.72. The van der Waals surface area contributed by atoms with Gasteiger partial charge in [0, 0.05) is 29.6 Å². The second-order valence-corrected chi connectivity index (χ2v) is 4.74. The smallest absolute Gasteiger partial charge is 0.324 e. The Bertz CT molecular complexity index is 742. The third-order valence-electron chi connectivity index (χ3n) is 3.38. The van der Waals surface area contributed by atoms with Gasteiger partial charge >= 0.3 is 5.97 Å². The van der Waals surface area contributed by atoms with Gasteiger partial charge in [0.05, 0.1) is 12.7 Å². The molecule has 2 aromatic heterocycles. The summed E-state index contributed by atoms with van der Waals surface area (Å²) in [5, 5.41) is 14.6. The predicted octanol–water partition coefficient (Wildman–Crippen LogP) is 1.24. The first-order valence-electron chi connectivity index (χ1n) is 6.83. The molecule has 2 heterocycles. The molecule has 2 atom stereocenters. The fourth-order valence-corrected chi connectivity index (χ4v) is 2.41. The Morgan fingerprint density at radius 1 is 1.50 bits per heavy atom. The van der Waals surface area contributed by atoms with Crippen LogP contribution in [0, 0.1) is 24.2 Å². The highest BCUT2D eigenvalue weighted by atomic mass is 16.5. The molecule has 0 saturated carbocycles. The Balaban J connectivity index is 2.59. The number of nitrogens with zero attached hydrogens (tertiary/aromatic N) is 2. The van der Waals surface area contributed by atoms with Gasteiger partial charge in [0.15, 0.2) is 5.92 Å². The molecule has 2 aromatic rings. The lowest BCUT2D eigenvalue weighted by molar-refractivity contribution is -0.146. The summed E-state index contributed by atoms with van der Waals surface area (Å²) >= 11 is 0. The molecule has 7 nitrogen and oxygen atoms in total. The molecule has 0 spiro atoms. The van der Waals surface area contributed by atoms with Crippen LogP contribution in [0.15, 0.2) is 29.3 Å². The van der Waals surface area contributed by atoms with Crippen molar-refractivity contribution in [2.75, 3.05) is 6.61 Å². The summed E-state index contributed by atoms with van der Waals surface area (Å²) < 4.78 is 4.97. The standard InChI is InChI=1S/C15H16N4O3/c1-3-22-15(21)11(7-16)13(10-5-4-6-17-8-10)12-9(2)18-19-14(12)20/h4-6,8,11,13H,3H2,1-2H3,(H2,18,19,20)/t11-,13+/m1/s1. The highest BCUT2D eigenvalue weighted by Crippen LogP contribution is 2.31. The fraction of sp³-hybridized carbons (Fsp3) is 0.333. The number of pyridine rings is 1. The van der Waals surface area contributed by atoms with E-state index in [0.29, 0.717) is 16.8 Å². The molecule has 0 saturated heterocycles. The van der Waals surface area contributed by atoms with Crippen LogP contribution in [0.5, 0.6) is 0 Å². The summed E-state index contributed by atoms with van der Waals surface area (Å²) in [4.78, 5) is 28.2. The predicted molar refractivity (Wildman–Crippen MR) is 78.0 cm³/mol. The fourth-order valence-electron chi connectivity index (χ4n) is 2.41. The van der Waals surface area contributed by atoms with Crippen molar-refractivity contribution in [1.82, 2.24) is 15.2 Å². The van der Waals surface area contributed by atoms with Crippen LogP contribution < -0.4 is 5.56 Å². The summed E-state index contributed by atoms with van der Waals surface area (Å²) in [7, 11) is 0. The lowest BCUT2D eigenvalue weighted by Gasteiger charge is -2.20.